The molecule has 2 heteroatoms. The van der Waals surface area contributed by atoms with Gasteiger partial charge in [0.15, 0.2) is 0 Å². The molecular formula is C14H22ClP. The van der Waals surface area contributed by atoms with Gasteiger partial charge in [-0.3, -0.25) is 0 Å². The lowest BCUT2D eigenvalue weighted by atomic mass is 10.2. The molecule has 1 aromatic carbocycles. The highest BCUT2D eigenvalue weighted by atomic mass is 35.5. The summed E-state index contributed by atoms with van der Waals surface area (Å²) in [6, 6.07) is 8.38. The number of benzene rings is 1. The fourth-order valence-corrected chi connectivity index (χ4v) is 6.51. The maximum absolute atomic E-state index is 5.95. The maximum atomic E-state index is 5.95. The number of halogens is 1. The molecule has 0 aliphatic carbocycles. The van der Waals surface area contributed by atoms with E-state index in [9.17, 15) is 0 Å². The molecule has 16 heavy (non-hydrogen) atoms. The molecule has 0 saturated carbocycles. The van der Waals surface area contributed by atoms with E-state index in [1.807, 2.05) is 12.1 Å². The lowest BCUT2D eigenvalue weighted by Gasteiger charge is -2.41. The number of hydrogen-bond donors (Lipinski definition) is 0. The standard InChI is InChI=1S/C14H22ClP/c1-13(2,3)16(14(4,5)6)12-9-7-11(15)8-10-12/h7-10H,1-6H3. The molecule has 0 saturated heterocycles. The summed E-state index contributed by atoms with van der Waals surface area (Å²) < 4.78 is 0. The largest absolute Gasteiger partial charge is 0.0843 e. The van der Waals surface area contributed by atoms with E-state index in [1.165, 1.54) is 5.30 Å². The zero-order chi connectivity index (χ0) is 12.6. The van der Waals surface area contributed by atoms with Crippen molar-refractivity contribution < 1.29 is 0 Å². The Balaban J connectivity index is 3.18. The molecular weight excluding hydrogens is 235 g/mol. The van der Waals surface area contributed by atoms with E-state index in [2.05, 4.69) is 53.7 Å². The Kier molecular flexibility index (Phi) is 4.08. The summed E-state index contributed by atoms with van der Waals surface area (Å²) in [5, 5.41) is 2.91. The average molecular weight is 257 g/mol. The SMILES string of the molecule is CC(C)(C)P(c1ccc(Cl)cc1)C(C)(C)C. The van der Waals surface area contributed by atoms with Crippen LogP contribution in [0.15, 0.2) is 24.3 Å². The topological polar surface area (TPSA) is 0 Å². The third-order valence-electron chi connectivity index (χ3n) is 2.43. The van der Waals surface area contributed by atoms with E-state index in [0.29, 0.717) is 10.3 Å². The van der Waals surface area contributed by atoms with Crippen molar-refractivity contribution in [1.29, 1.82) is 0 Å². The lowest BCUT2D eigenvalue weighted by molar-refractivity contribution is 0.715. The van der Waals surface area contributed by atoms with Gasteiger partial charge in [0.25, 0.3) is 0 Å². The van der Waals surface area contributed by atoms with Gasteiger partial charge in [-0.25, -0.2) is 0 Å². The Hall–Kier alpha value is -0.0600. The summed E-state index contributed by atoms with van der Waals surface area (Å²) in [6.07, 6.45) is 0. The van der Waals surface area contributed by atoms with Crippen LogP contribution >= 0.6 is 19.5 Å². The highest BCUT2D eigenvalue weighted by Gasteiger charge is 2.35. The minimum absolute atomic E-state index is 0.209. The summed E-state index contributed by atoms with van der Waals surface area (Å²) in [5.74, 6) is 0. The van der Waals surface area contributed by atoms with Crippen LogP contribution in [0.3, 0.4) is 0 Å². The molecule has 90 valence electrons. The van der Waals surface area contributed by atoms with Gasteiger partial charge >= 0.3 is 0 Å². The fourth-order valence-electron chi connectivity index (χ4n) is 2.37. The first-order valence-electron chi connectivity index (χ1n) is 5.68. The van der Waals surface area contributed by atoms with Gasteiger partial charge in [-0.05, 0) is 27.7 Å². The van der Waals surface area contributed by atoms with Gasteiger partial charge in [0, 0.05) is 5.02 Å². The molecule has 0 nitrogen and oxygen atoms in total. The minimum atomic E-state index is -0.209. The van der Waals surface area contributed by atoms with Gasteiger partial charge in [0.05, 0.1) is 0 Å². The van der Waals surface area contributed by atoms with E-state index >= 15 is 0 Å². The molecule has 0 heterocycles. The first-order valence-corrected chi connectivity index (χ1v) is 7.40. The maximum Gasteiger partial charge on any atom is 0.0406 e. The van der Waals surface area contributed by atoms with E-state index in [1.54, 1.807) is 0 Å². The summed E-state index contributed by atoms with van der Waals surface area (Å²) >= 11 is 5.95. The van der Waals surface area contributed by atoms with Gasteiger partial charge in [-0.2, -0.15) is 0 Å². The molecule has 0 spiro atoms. The Morgan fingerprint density at radius 3 is 1.50 bits per heavy atom. The van der Waals surface area contributed by atoms with E-state index in [0.717, 1.165) is 5.02 Å². The Bertz CT molecular complexity index is 326. The Morgan fingerprint density at radius 1 is 0.812 bits per heavy atom. The van der Waals surface area contributed by atoms with Crippen molar-refractivity contribution in [1.82, 2.24) is 0 Å². The molecule has 1 rings (SSSR count). The molecule has 0 N–H and O–H groups in total. The van der Waals surface area contributed by atoms with Gasteiger partial charge in [0.2, 0.25) is 0 Å². The second-order valence-electron chi connectivity index (χ2n) is 6.15. The zero-order valence-electron chi connectivity index (χ0n) is 11.1. The number of rotatable bonds is 1. The van der Waals surface area contributed by atoms with E-state index in [-0.39, 0.29) is 7.92 Å². The molecule has 0 fully saturated rings. The summed E-state index contributed by atoms with van der Waals surface area (Å²) in [6.45, 7) is 14.0. The highest BCUT2D eigenvalue weighted by molar-refractivity contribution is 7.68. The average Bonchev–Trinajstić information content (AvgIpc) is 2.03. The smallest absolute Gasteiger partial charge is 0.0406 e. The van der Waals surface area contributed by atoms with Crippen molar-refractivity contribution in [3.05, 3.63) is 29.3 Å². The first kappa shape index (κ1) is 14.0. The van der Waals surface area contributed by atoms with Crippen LogP contribution in [0.4, 0.5) is 0 Å². The Labute approximate surface area is 106 Å². The predicted molar refractivity (Wildman–Crippen MR) is 77.5 cm³/mol. The van der Waals surface area contributed by atoms with Crippen LogP contribution in [-0.2, 0) is 0 Å². The van der Waals surface area contributed by atoms with Crippen LogP contribution in [0.1, 0.15) is 41.5 Å². The summed E-state index contributed by atoms with van der Waals surface area (Å²) in [7, 11) is -0.209. The minimum Gasteiger partial charge on any atom is -0.0843 e. The molecule has 0 bridgehead atoms. The second-order valence-corrected chi connectivity index (χ2v) is 10.5. The van der Waals surface area contributed by atoms with Crippen molar-refractivity contribution >= 4 is 24.8 Å². The van der Waals surface area contributed by atoms with Gasteiger partial charge in [-0.15, -0.1) is 0 Å². The third kappa shape index (κ3) is 3.47. The van der Waals surface area contributed by atoms with Crippen molar-refractivity contribution in [2.45, 2.75) is 51.9 Å². The van der Waals surface area contributed by atoms with Crippen molar-refractivity contribution in [3.63, 3.8) is 0 Å². The van der Waals surface area contributed by atoms with Crippen LogP contribution in [0.5, 0.6) is 0 Å². The van der Waals surface area contributed by atoms with Crippen LogP contribution in [0.2, 0.25) is 5.02 Å². The van der Waals surface area contributed by atoms with E-state index < -0.39 is 0 Å². The van der Waals surface area contributed by atoms with Crippen molar-refractivity contribution in [2.75, 3.05) is 0 Å². The molecule has 0 unspecified atom stereocenters. The normalized spacial score (nSPS) is 13.2. The molecule has 0 radical (unpaired) electrons. The molecule has 0 aliphatic heterocycles. The summed E-state index contributed by atoms with van der Waals surface area (Å²) in [4.78, 5) is 0. The van der Waals surface area contributed by atoms with Crippen LogP contribution in [-0.4, -0.2) is 10.3 Å². The summed E-state index contributed by atoms with van der Waals surface area (Å²) in [5.41, 5.74) is 0. The fraction of sp³-hybridized carbons (Fsp3) is 0.571. The molecule has 0 aliphatic rings. The van der Waals surface area contributed by atoms with Gasteiger partial charge < -0.3 is 0 Å². The highest BCUT2D eigenvalue weighted by Crippen LogP contribution is 2.58. The zero-order valence-corrected chi connectivity index (χ0v) is 12.8. The molecule has 0 aromatic heterocycles. The number of hydrogen-bond acceptors (Lipinski definition) is 0. The van der Waals surface area contributed by atoms with Gasteiger partial charge in [0.1, 0.15) is 0 Å². The van der Waals surface area contributed by atoms with Crippen LogP contribution < -0.4 is 5.30 Å². The second kappa shape index (κ2) is 4.67. The third-order valence-corrected chi connectivity index (χ3v) is 6.18. The predicted octanol–water partition coefficient (Wildman–Crippen LogP) is 5.04. The Morgan fingerprint density at radius 2 is 1.19 bits per heavy atom. The lowest BCUT2D eigenvalue weighted by Crippen LogP contribution is -2.30. The molecule has 0 amide bonds. The first-order chi connectivity index (χ1) is 7.12. The van der Waals surface area contributed by atoms with E-state index in [4.69, 9.17) is 11.6 Å². The van der Waals surface area contributed by atoms with Crippen LogP contribution in [0, 0.1) is 0 Å². The van der Waals surface area contributed by atoms with Crippen molar-refractivity contribution in [3.8, 4) is 0 Å². The van der Waals surface area contributed by atoms with Gasteiger partial charge in [-0.1, -0.05) is 73.2 Å². The molecule has 0 atom stereocenters. The van der Waals surface area contributed by atoms with Crippen LogP contribution in [0.25, 0.3) is 0 Å². The molecule has 1 aromatic rings. The van der Waals surface area contributed by atoms with Crippen molar-refractivity contribution in [2.24, 2.45) is 0 Å². The monoisotopic (exact) mass is 256 g/mol. The quantitative estimate of drug-likeness (QED) is 0.617.